The average molecular weight is 224 g/mol. The lowest BCUT2D eigenvalue weighted by Crippen LogP contribution is -2.22. The van der Waals surface area contributed by atoms with Crippen molar-refractivity contribution in [2.24, 2.45) is 0 Å². The normalized spacial score (nSPS) is 10.6. The van der Waals surface area contributed by atoms with Crippen LogP contribution in [-0.4, -0.2) is 15.5 Å². The van der Waals surface area contributed by atoms with Crippen molar-refractivity contribution in [3.63, 3.8) is 0 Å². The molecule has 0 saturated carbocycles. The highest BCUT2D eigenvalue weighted by Crippen LogP contribution is 2.04. The summed E-state index contributed by atoms with van der Waals surface area (Å²) in [4.78, 5) is 25.5. The van der Waals surface area contributed by atoms with Crippen LogP contribution in [0.25, 0.3) is 0 Å². The van der Waals surface area contributed by atoms with E-state index in [1.807, 2.05) is 0 Å². The predicted octanol–water partition coefficient (Wildman–Crippen LogP) is 2.35. The van der Waals surface area contributed by atoms with E-state index < -0.39 is 0 Å². The molecule has 1 aromatic rings. The van der Waals surface area contributed by atoms with Crippen LogP contribution in [0.15, 0.2) is 11.0 Å². The second-order valence-corrected chi connectivity index (χ2v) is 4.01. The van der Waals surface area contributed by atoms with Crippen molar-refractivity contribution in [3.05, 3.63) is 22.4 Å². The second-order valence-electron chi connectivity index (χ2n) is 4.01. The molecular formula is C12H20N2O2. The molecule has 0 spiro atoms. The molecule has 0 radical (unpaired) electrons. The molecule has 1 rings (SSSR count). The fraction of sp³-hybridized carbons (Fsp3) is 0.667. The van der Waals surface area contributed by atoms with Gasteiger partial charge in [-0.3, -0.25) is 4.79 Å². The number of carbonyl (C=O) groups excluding carboxylic acids is 1. The second kappa shape index (κ2) is 6.30. The summed E-state index contributed by atoms with van der Waals surface area (Å²) in [5.41, 5.74) is 0.556. The fourth-order valence-electron chi connectivity index (χ4n) is 1.67. The minimum atomic E-state index is -0.308. The molecule has 0 aliphatic rings. The largest absolute Gasteiger partial charge is 0.332 e. The zero-order valence-corrected chi connectivity index (χ0v) is 10.1. The fourth-order valence-corrected chi connectivity index (χ4v) is 1.67. The number of H-pyrrole nitrogens is 1. The van der Waals surface area contributed by atoms with Gasteiger partial charge in [-0.15, -0.1) is 0 Å². The lowest BCUT2D eigenvalue weighted by molar-refractivity contribution is 0.0905. The number of aromatic nitrogens is 2. The Morgan fingerprint density at radius 3 is 2.69 bits per heavy atom. The van der Waals surface area contributed by atoms with E-state index >= 15 is 0 Å². The molecule has 90 valence electrons. The first-order valence-electron chi connectivity index (χ1n) is 6.02. The highest BCUT2D eigenvalue weighted by molar-refractivity contribution is 5.78. The van der Waals surface area contributed by atoms with Gasteiger partial charge in [0.15, 0.2) is 0 Å². The maximum Gasteiger partial charge on any atom is 0.332 e. The Balaban J connectivity index is 2.56. The van der Waals surface area contributed by atoms with Gasteiger partial charge in [-0.2, -0.15) is 0 Å². The van der Waals surface area contributed by atoms with E-state index in [1.54, 1.807) is 13.1 Å². The van der Waals surface area contributed by atoms with Crippen LogP contribution in [0.5, 0.6) is 0 Å². The van der Waals surface area contributed by atoms with Crippen LogP contribution in [0.4, 0.5) is 0 Å². The Hall–Kier alpha value is -1.32. The van der Waals surface area contributed by atoms with E-state index in [2.05, 4.69) is 11.9 Å². The topological polar surface area (TPSA) is 54.9 Å². The zero-order chi connectivity index (χ0) is 12.0. The van der Waals surface area contributed by atoms with Crippen molar-refractivity contribution < 1.29 is 4.79 Å². The van der Waals surface area contributed by atoms with E-state index in [0.717, 1.165) is 18.5 Å². The number of unbranched alkanes of at least 4 members (excludes halogenated alkanes) is 3. The Kier molecular flexibility index (Phi) is 5.02. The number of imidazole rings is 1. The lowest BCUT2D eigenvalue weighted by Gasteiger charge is -1.96. The third-order valence-electron chi connectivity index (χ3n) is 2.64. The highest BCUT2D eigenvalue weighted by atomic mass is 16.2. The summed E-state index contributed by atoms with van der Waals surface area (Å²) < 4.78 is 1.18. The molecule has 0 fully saturated rings. The molecule has 1 N–H and O–H groups in total. The van der Waals surface area contributed by atoms with Crippen LogP contribution in [0.1, 0.15) is 56.4 Å². The minimum absolute atomic E-state index is 0.152. The first-order valence-corrected chi connectivity index (χ1v) is 6.02. The van der Waals surface area contributed by atoms with E-state index in [9.17, 15) is 9.59 Å². The van der Waals surface area contributed by atoms with Gasteiger partial charge < -0.3 is 4.98 Å². The van der Waals surface area contributed by atoms with Crippen molar-refractivity contribution in [2.75, 3.05) is 0 Å². The summed E-state index contributed by atoms with van der Waals surface area (Å²) in [6, 6.07) is 0. The SMILES string of the molecule is CCCCCCc1cn(C(=O)CC)c(=O)[nH]1. The Morgan fingerprint density at radius 2 is 2.06 bits per heavy atom. The lowest BCUT2D eigenvalue weighted by atomic mass is 10.1. The molecule has 0 aliphatic heterocycles. The van der Waals surface area contributed by atoms with Crippen LogP contribution in [-0.2, 0) is 6.42 Å². The molecule has 0 aliphatic carbocycles. The van der Waals surface area contributed by atoms with Gasteiger partial charge in [0.2, 0.25) is 5.91 Å². The van der Waals surface area contributed by atoms with E-state index in [-0.39, 0.29) is 11.6 Å². The molecule has 1 heterocycles. The predicted molar refractivity (Wildman–Crippen MR) is 63.8 cm³/mol. The summed E-state index contributed by atoms with van der Waals surface area (Å²) in [5.74, 6) is -0.152. The summed E-state index contributed by atoms with van der Waals surface area (Å²) >= 11 is 0. The first kappa shape index (κ1) is 12.7. The molecular weight excluding hydrogens is 204 g/mol. The van der Waals surface area contributed by atoms with E-state index in [4.69, 9.17) is 0 Å². The van der Waals surface area contributed by atoms with Gasteiger partial charge in [0.25, 0.3) is 0 Å². The Morgan fingerprint density at radius 1 is 1.31 bits per heavy atom. The molecule has 0 atom stereocenters. The van der Waals surface area contributed by atoms with Gasteiger partial charge in [-0.05, 0) is 12.8 Å². The van der Waals surface area contributed by atoms with Crippen molar-refractivity contribution in [3.8, 4) is 0 Å². The number of nitrogens with zero attached hydrogens (tertiary/aromatic N) is 1. The number of aryl methyl sites for hydroxylation is 1. The van der Waals surface area contributed by atoms with Crippen LogP contribution in [0.3, 0.4) is 0 Å². The number of hydrogen-bond acceptors (Lipinski definition) is 2. The molecule has 0 unspecified atom stereocenters. The van der Waals surface area contributed by atoms with Crippen LogP contribution in [0, 0.1) is 0 Å². The summed E-state index contributed by atoms with van der Waals surface area (Å²) in [6.07, 6.45) is 7.50. The number of rotatable bonds is 6. The summed E-state index contributed by atoms with van der Waals surface area (Å²) in [7, 11) is 0. The zero-order valence-electron chi connectivity index (χ0n) is 10.1. The van der Waals surface area contributed by atoms with Crippen LogP contribution in [0.2, 0.25) is 0 Å². The van der Waals surface area contributed by atoms with Gasteiger partial charge >= 0.3 is 5.69 Å². The molecule has 16 heavy (non-hydrogen) atoms. The molecule has 1 aromatic heterocycles. The number of aromatic amines is 1. The van der Waals surface area contributed by atoms with E-state index in [0.29, 0.717) is 6.42 Å². The third kappa shape index (κ3) is 3.36. The molecule has 4 heteroatoms. The number of hydrogen-bond donors (Lipinski definition) is 1. The standard InChI is InChI=1S/C12H20N2O2/c1-3-5-6-7-8-10-9-14(11(15)4-2)12(16)13-10/h9H,3-8H2,1-2H3,(H,13,16). The summed E-state index contributed by atoms with van der Waals surface area (Å²) in [6.45, 7) is 3.92. The third-order valence-corrected chi connectivity index (χ3v) is 2.64. The molecule has 4 nitrogen and oxygen atoms in total. The maximum absolute atomic E-state index is 11.4. The van der Waals surface area contributed by atoms with Crippen LogP contribution < -0.4 is 5.69 Å². The van der Waals surface area contributed by atoms with Gasteiger partial charge in [-0.25, -0.2) is 9.36 Å². The number of nitrogens with one attached hydrogen (secondary N) is 1. The monoisotopic (exact) mass is 224 g/mol. The van der Waals surface area contributed by atoms with Gasteiger partial charge in [0, 0.05) is 18.3 Å². The molecule has 0 amide bonds. The molecule has 0 aromatic carbocycles. The highest BCUT2D eigenvalue weighted by Gasteiger charge is 2.07. The quantitative estimate of drug-likeness (QED) is 0.754. The van der Waals surface area contributed by atoms with E-state index in [1.165, 1.54) is 23.8 Å². The molecule has 0 saturated heterocycles. The number of carbonyl (C=O) groups is 1. The smallest absolute Gasteiger partial charge is 0.309 e. The average Bonchev–Trinajstić information content (AvgIpc) is 2.65. The van der Waals surface area contributed by atoms with Gasteiger partial charge in [0.05, 0.1) is 0 Å². The van der Waals surface area contributed by atoms with Gasteiger partial charge in [0.1, 0.15) is 0 Å². The van der Waals surface area contributed by atoms with Crippen molar-refractivity contribution in [2.45, 2.75) is 52.4 Å². The Bertz CT molecular complexity index is 390. The summed E-state index contributed by atoms with van der Waals surface area (Å²) in [5, 5.41) is 0. The first-order chi connectivity index (χ1) is 7.69. The van der Waals surface area contributed by atoms with Crippen molar-refractivity contribution >= 4 is 5.91 Å². The minimum Gasteiger partial charge on any atom is -0.309 e. The van der Waals surface area contributed by atoms with Crippen molar-refractivity contribution in [1.29, 1.82) is 0 Å². The van der Waals surface area contributed by atoms with Gasteiger partial charge in [-0.1, -0.05) is 33.1 Å². The van der Waals surface area contributed by atoms with Crippen LogP contribution >= 0.6 is 0 Å². The Labute approximate surface area is 95.7 Å². The van der Waals surface area contributed by atoms with Crippen molar-refractivity contribution in [1.82, 2.24) is 9.55 Å². The maximum atomic E-state index is 11.4. The molecule has 0 bridgehead atoms.